The number of hydrazine groups is 1. The van der Waals surface area contributed by atoms with Gasteiger partial charge in [0.15, 0.2) is 10.6 Å². The van der Waals surface area contributed by atoms with Crippen LogP contribution in [0.1, 0.15) is 5.56 Å². The van der Waals surface area contributed by atoms with Gasteiger partial charge in [-0.05, 0) is 18.6 Å². The average Bonchev–Trinajstić information content (AvgIpc) is 2.70. The number of hydrogen-bond donors (Lipinski definition) is 4. The second kappa shape index (κ2) is 4.54. The highest BCUT2D eigenvalue weighted by molar-refractivity contribution is 7.86. The molecule has 0 bridgehead atoms. The molecule has 1 aromatic carbocycles. The Bertz CT molecular complexity index is 643. The molecular formula is C10H16N5O3S+. The van der Waals surface area contributed by atoms with Gasteiger partial charge in [-0.15, -0.1) is 4.59 Å². The van der Waals surface area contributed by atoms with Crippen LogP contribution in [0.5, 0.6) is 0 Å². The summed E-state index contributed by atoms with van der Waals surface area (Å²) in [6, 6.07) is 4.50. The average molecular weight is 286 g/mol. The molecule has 104 valence electrons. The highest BCUT2D eigenvalue weighted by Gasteiger charge is 2.42. The minimum absolute atomic E-state index is 0.233. The van der Waals surface area contributed by atoms with E-state index in [4.69, 9.17) is 11.7 Å². The molecule has 1 aliphatic rings. The molecule has 0 radical (unpaired) electrons. The van der Waals surface area contributed by atoms with E-state index in [0.717, 1.165) is 5.56 Å². The van der Waals surface area contributed by atoms with E-state index in [1.807, 2.05) is 0 Å². The number of quaternary nitrogens is 1. The summed E-state index contributed by atoms with van der Waals surface area (Å²) >= 11 is 0. The van der Waals surface area contributed by atoms with Crippen molar-refractivity contribution >= 4 is 21.8 Å². The van der Waals surface area contributed by atoms with Crippen LogP contribution >= 0.6 is 0 Å². The van der Waals surface area contributed by atoms with Crippen molar-refractivity contribution in [2.24, 2.45) is 16.7 Å². The van der Waals surface area contributed by atoms with Crippen molar-refractivity contribution in [2.75, 3.05) is 13.1 Å². The maximum absolute atomic E-state index is 11.5. The first-order valence-electron chi connectivity index (χ1n) is 5.56. The van der Waals surface area contributed by atoms with E-state index in [9.17, 15) is 13.0 Å². The van der Waals surface area contributed by atoms with Crippen LogP contribution < -0.4 is 21.7 Å². The summed E-state index contributed by atoms with van der Waals surface area (Å²) in [6.45, 7) is 2.56. The summed E-state index contributed by atoms with van der Waals surface area (Å²) in [4.78, 5) is 3.84. The molecule has 1 heterocycles. The lowest BCUT2D eigenvalue weighted by molar-refractivity contribution is 0.437. The first-order valence-corrected chi connectivity index (χ1v) is 7.00. The molecule has 0 saturated carbocycles. The SMILES string of the molecule is Cc1ccc(S(=O)(=O)O)c([N+]2(N)CCN=C2NN)c1. The van der Waals surface area contributed by atoms with Gasteiger partial charge in [0.05, 0.1) is 6.54 Å². The Morgan fingerprint density at radius 1 is 1.47 bits per heavy atom. The maximum Gasteiger partial charge on any atom is 0.337 e. The zero-order valence-corrected chi connectivity index (χ0v) is 11.2. The van der Waals surface area contributed by atoms with Gasteiger partial charge in [-0.3, -0.25) is 9.98 Å². The molecule has 6 N–H and O–H groups in total. The van der Waals surface area contributed by atoms with E-state index < -0.39 is 10.1 Å². The smallest absolute Gasteiger partial charge is 0.282 e. The largest absolute Gasteiger partial charge is 0.337 e. The van der Waals surface area contributed by atoms with Gasteiger partial charge < -0.3 is 0 Å². The fourth-order valence-corrected chi connectivity index (χ4v) is 2.82. The molecule has 0 aromatic heterocycles. The van der Waals surface area contributed by atoms with Crippen LogP contribution in [-0.2, 0) is 10.1 Å². The van der Waals surface area contributed by atoms with E-state index in [1.165, 1.54) is 6.07 Å². The van der Waals surface area contributed by atoms with E-state index in [2.05, 4.69) is 10.4 Å². The lowest BCUT2D eigenvalue weighted by Gasteiger charge is -2.28. The number of nitrogens with zero attached hydrogens (tertiary/aromatic N) is 2. The lowest BCUT2D eigenvalue weighted by atomic mass is 10.2. The lowest BCUT2D eigenvalue weighted by Crippen LogP contribution is -2.64. The van der Waals surface area contributed by atoms with E-state index in [-0.39, 0.29) is 21.1 Å². The first kappa shape index (κ1) is 13.9. The Morgan fingerprint density at radius 2 is 2.16 bits per heavy atom. The summed E-state index contributed by atoms with van der Waals surface area (Å²) in [5.41, 5.74) is 3.42. The van der Waals surface area contributed by atoms with Crippen molar-refractivity contribution in [3.05, 3.63) is 23.8 Å². The molecule has 0 saturated heterocycles. The zero-order valence-electron chi connectivity index (χ0n) is 10.4. The van der Waals surface area contributed by atoms with Gasteiger partial charge >= 0.3 is 16.1 Å². The minimum Gasteiger partial charge on any atom is -0.282 e. The summed E-state index contributed by atoms with van der Waals surface area (Å²) in [5, 5.41) is 0. The summed E-state index contributed by atoms with van der Waals surface area (Å²) in [7, 11) is -4.38. The summed E-state index contributed by atoms with van der Waals surface area (Å²) in [6.07, 6.45) is 0. The molecule has 0 amide bonds. The van der Waals surface area contributed by atoms with Gasteiger partial charge in [-0.25, -0.2) is 10.8 Å². The molecule has 1 unspecified atom stereocenters. The number of hydrogen-bond acceptors (Lipinski definition) is 6. The first-order chi connectivity index (χ1) is 8.79. The molecule has 2 rings (SSSR count). The highest BCUT2D eigenvalue weighted by Crippen LogP contribution is 2.31. The molecule has 0 spiro atoms. The molecule has 1 atom stereocenters. The molecule has 0 aliphatic carbocycles. The van der Waals surface area contributed by atoms with Crippen LogP contribution in [0.15, 0.2) is 28.1 Å². The number of rotatable bonds is 2. The van der Waals surface area contributed by atoms with Crippen LogP contribution in [0.2, 0.25) is 0 Å². The van der Waals surface area contributed by atoms with E-state index >= 15 is 0 Å². The van der Waals surface area contributed by atoms with Crippen molar-refractivity contribution in [2.45, 2.75) is 11.8 Å². The Kier molecular flexibility index (Phi) is 3.32. The standard InChI is InChI=1S/C10H15N5O3S/c1-7-2-3-9(19(16,17)18)8(6-7)15(12)5-4-13-10(15)14-11/h2-3,6H,4-5,11-12H2,1H3,(H-,13,14,16,17,18)/p+1. The molecule has 1 aromatic rings. The maximum atomic E-state index is 11.5. The third-order valence-corrected chi connectivity index (χ3v) is 3.94. The molecule has 0 fully saturated rings. The number of aliphatic imine (C=N–C) groups is 1. The van der Waals surface area contributed by atoms with Crippen molar-refractivity contribution in [3.8, 4) is 0 Å². The predicted molar refractivity (Wildman–Crippen MR) is 71.5 cm³/mol. The highest BCUT2D eigenvalue weighted by atomic mass is 32.2. The molecule has 1 aliphatic heterocycles. The van der Waals surface area contributed by atoms with Crippen molar-refractivity contribution in [3.63, 3.8) is 0 Å². The number of guanidine groups is 1. The third kappa shape index (κ3) is 2.33. The minimum atomic E-state index is -4.38. The van der Waals surface area contributed by atoms with Gasteiger partial charge in [0.2, 0.25) is 0 Å². The van der Waals surface area contributed by atoms with Crippen molar-refractivity contribution in [1.29, 1.82) is 0 Å². The fourth-order valence-electron chi connectivity index (χ4n) is 2.10. The Labute approximate surface area is 111 Å². The summed E-state index contributed by atoms with van der Waals surface area (Å²) in [5.74, 6) is 11.8. The monoisotopic (exact) mass is 286 g/mol. The van der Waals surface area contributed by atoms with Crippen LogP contribution in [0.4, 0.5) is 5.69 Å². The normalized spacial score (nSPS) is 23.3. The number of aryl methyl sites for hydroxylation is 1. The number of nitrogens with two attached hydrogens (primary N) is 2. The van der Waals surface area contributed by atoms with E-state index in [0.29, 0.717) is 13.1 Å². The second-order valence-electron chi connectivity index (χ2n) is 4.39. The summed E-state index contributed by atoms with van der Waals surface area (Å²) < 4.78 is 31.8. The Balaban J connectivity index is 2.69. The fraction of sp³-hybridized carbons (Fsp3) is 0.300. The quantitative estimate of drug-likeness (QED) is 0.245. The molecule has 8 nitrogen and oxygen atoms in total. The molecule has 19 heavy (non-hydrogen) atoms. The van der Waals surface area contributed by atoms with Gasteiger partial charge in [-0.2, -0.15) is 14.3 Å². The van der Waals surface area contributed by atoms with Gasteiger partial charge in [0.25, 0.3) is 0 Å². The Morgan fingerprint density at radius 3 is 2.74 bits per heavy atom. The van der Waals surface area contributed by atoms with Crippen LogP contribution in [0.25, 0.3) is 0 Å². The van der Waals surface area contributed by atoms with Crippen LogP contribution in [-0.4, -0.2) is 32.0 Å². The van der Waals surface area contributed by atoms with Crippen LogP contribution in [0.3, 0.4) is 0 Å². The number of benzene rings is 1. The van der Waals surface area contributed by atoms with Crippen molar-refractivity contribution < 1.29 is 13.0 Å². The van der Waals surface area contributed by atoms with Crippen molar-refractivity contribution in [1.82, 2.24) is 10.0 Å². The Hall–Kier alpha value is -1.52. The zero-order chi connectivity index (χ0) is 14.3. The topological polar surface area (TPSA) is 131 Å². The van der Waals surface area contributed by atoms with Gasteiger partial charge in [0.1, 0.15) is 6.54 Å². The predicted octanol–water partition coefficient (Wildman–Crippen LogP) is -0.744. The third-order valence-electron chi connectivity index (χ3n) is 3.04. The van der Waals surface area contributed by atoms with Gasteiger partial charge in [-0.1, -0.05) is 6.07 Å². The second-order valence-corrected chi connectivity index (χ2v) is 5.78. The molecular weight excluding hydrogens is 270 g/mol. The number of nitrogens with one attached hydrogen (secondary N) is 1. The van der Waals surface area contributed by atoms with E-state index in [1.54, 1.807) is 19.1 Å². The molecule has 9 heteroatoms. The van der Waals surface area contributed by atoms with Gasteiger partial charge in [0, 0.05) is 6.07 Å². The van der Waals surface area contributed by atoms with Crippen LogP contribution in [0, 0.1) is 6.92 Å².